The van der Waals surface area contributed by atoms with Crippen LogP contribution < -0.4 is 11.1 Å². The number of nitrogens with two attached hydrogens (primary N) is 1. The lowest BCUT2D eigenvalue weighted by atomic mass is 10.6. The predicted molar refractivity (Wildman–Crippen MR) is 108 cm³/mol. The van der Waals surface area contributed by atoms with E-state index in [2.05, 4.69) is 21.2 Å². The molecule has 0 aromatic rings. The third-order valence-corrected chi connectivity index (χ3v) is 2.95. The van der Waals surface area contributed by atoms with Gasteiger partial charge in [-0.25, -0.2) is 0 Å². The van der Waals surface area contributed by atoms with Gasteiger partial charge in [-0.3, -0.25) is 0 Å². The van der Waals surface area contributed by atoms with Crippen LogP contribution in [0.2, 0.25) is 0 Å². The molecular formula is C17H37BrN2O7. The number of halogens is 1. The largest absolute Gasteiger partial charge is 0.378 e. The van der Waals surface area contributed by atoms with Gasteiger partial charge in [0.1, 0.15) is 6.29 Å². The summed E-state index contributed by atoms with van der Waals surface area (Å²) in [5, 5.41) is 3.46. The molecule has 27 heavy (non-hydrogen) atoms. The molecule has 0 aromatic carbocycles. The zero-order valence-corrected chi connectivity index (χ0v) is 18.1. The maximum Gasteiger partial charge on any atom is 0.130 e. The lowest BCUT2D eigenvalue weighted by molar-refractivity contribution is -0.105. The molecule has 0 aliphatic carbocycles. The summed E-state index contributed by atoms with van der Waals surface area (Å²) < 4.78 is 31.9. The molecule has 0 unspecified atom stereocenters. The second-order valence-electron chi connectivity index (χ2n) is 4.89. The van der Waals surface area contributed by atoms with E-state index in [4.69, 9.17) is 38.9 Å². The monoisotopic (exact) mass is 460 g/mol. The van der Waals surface area contributed by atoms with E-state index in [0.29, 0.717) is 91.2 Å². The minimum atomic E-state index is 0.451. The van der Waals surface area contributed by atoms with Crippen molar-refractivity contribution in [1.29, 1.82) is 0 Å². The molecule has 0 amide bonds. The molecule has 9 nitrogen and oxygen atoms in total. The molecule has 0 heterocycles. The van der Waals surface area contributed by atoms with Crippen molar-refractivity contribution in [1.82, 2.24) is 5.32 Å². The molecule has 0 aliphatic rings. The van der Waals surface area contributed by atoms with Crippen LogP contribution in [0, 0.1) is 0 Å². The second kappa shape index (κ2) is 30.6. The van der Waals surface area contributed by atoms with Crippen LogP contribution in [0.4, 0.5) is 0 Å². The summed E-state index contributed by atoms with van der Waals surface area (Å²) in [4.78, 5) is 9.13. The predicted octanol–water partition coefficient (Wildman–Crippen LogP) is -0.156. The van der Waals surface area contributed by atoms with Gasteiger partial charge in [0.2, 0.25) is 0 Å². The molecule has 0 aromatic heterocycles. The molecule has 0 fully saturated rings. The minimum absolute atomic E-state index is 0.451. The van der Waals surface area contributed by atoms with Gasteiger partial charge in [0.25, 0.3) is 0 Å². The first-order valence-electron chi connectivity index (χ1n) is 9.14. The number of nitrogens with one attached hydrogen (secondary N) is 1. The molecule has 0 rings (SSSR count). The van der Waals surface area contributed by atoms with E-state index in [1.165, 1.54) is 0 Å². The first kappa shape index (κ1) is 29.0. The summed E-state index contributed by atoms with van der Waals surface area (Å²) >= 11 is 2.88. The van der Waals surface area contributed by atoms with Crippen molar-refractivity contribution < 1.29 is 33.2 Å². The Kier molecular flexibility index (Phi) is 32.9. The molecule has 0 spiro atoms. The average molecular weight is 461 g/mol. The third-order valence-electron chi connectivity index (χ3n) is 2.68. The highest BCUT2D eigenvalue weighted by atomic mass is 79.9. The third kappa shape index (κ3) is 33.8. The number of hydrogen-bond acceptors (Lipinski definition) is 9. The molecule has 3 N–H and O–H groups in total. The van der Waals surface area contributed by atoms with E-state index in [1.54, 1.807) is 0 Å². The Bertz CT molecular complexity index is 247. The van der Waals surface area contributed by atoms with Gasteiger partial charge in [-0.05, 0) is 7.05 Å². The first-order chi connectivity index (χ1) is 13.3. The number of ether oxygens (including phenoxy) is 6. The molecule has 10 heteroatoms. The van der Waals surface area contributed by atoms with Crippen LogP contribution in [0.5, 0.6) is 0 Å². The number of aldehydes is 1. The highest BCUT2D eigenvalue weighted by molar-refractivity contribution is 9.09. The summed E-state index contributed by atoms with van der Waals surface area (Å²) in [5.41, 5.74) is 5.29. The normalized spacial score (nSPS) is 10.5. The summed E-state index contributed by atoms with van der Waals surface area (Å²) in [6, 6.07) is 0. The Morgan fingerprint density at radius 3 is 1.26 bits per heavy atom. The van der Waals surface area contributed by atoms with Crippen LogP contribution in [0.3, 0.4) is 0 Å². The van der Waals surface area contributed by atoms with E-state index >= 15 is 0 Å². The first-order valence-corrected chi connectivity index (χ1v) is 10.3. The molecule has 0 radical (unpaired) electrons. The summed E-state index contributed by atoms with van der Waals surface area (Å²) in [7, 11) is 1.90. The quantitative estimate of drug-likeness (QED) is 0.137. The summed E-state index contributed by atoms with van der Waals surface area (Å²) in [6.45, 7) is 8.38. The lowest BCUT2D eigenvalue weighted by Crippen LogP contribution is -2.17. The molecule has 0 saturated heterocycles. The van der Waals surface area contributed by atoms with Crippen molar-refractivity contribution in [2.45, 2.75) is 0 Å². The van der Waals surface area contributed by atoms with Crippen LogP contribution in [0.15, 0.2) is 0 Å². The number of hydrogen-bond donors (Lipinski definition) is 2. The molecule has 0 atom stereocenters. The Labute approximate surface area is 171 Å². The van der Waals surface area contributed by atoms with Gasteiger partial charge < -0.3 is 44.3 Å². The Hall–Kier alpha value is -0.170. The fourth-order valence-corrected chi connectivity index (χ4v) is 1.46. The van der Waals surface area contributed by atoms with Gasteiger partial charge in [-0.2, -0.15) is 0 Å². The smallest absolute Gasteiger partial charge is 0.130 e. The number of rotatable bonds is 21. The van der Waals surface area contributed by atoms with Gasteiger partial charge in [-0.1, -0.05) is 15.9 Å². The topological polar surface area (TPSA) is 110 Å². The van der Waals surface area contributed by atoms with Gasteiger partial charge in [0, 0.05) is 13.1 Å². The maximum atomic E-state index is 9.13. The van der Waals surface area contributed by atoms with Gasteiger partial charge in [0.15, 0.2) is 0 Å². The van der Waals surface area contributed by atoms with Crippen molar-refractivity contribution in [2.24, 2.45) is 5.73 Å². The van der Waals surface area contributed by atoms with E-state index in [-0.39, 0.29) is 0 Å². The minimum Gasteiger partial charge on any atom is -0.378 e. The molecule has 0 bridgehead atoms. The highest BCUT2D eigenvalue weighted by Crippen LogP contribution is 1.84. The Morgan fingerprint density at radius 1 is 0.704 bits per heavy atom. The number of carbonyl (C=O) groups excluding carboxylic acids is 1. The molecule has 0 aliphatic heterocycles. The maximum absolute atomic E-state index is 9.13. The average Bonchev–Trinajstić information content (AvgIpc) is 2.70. The van der Waals surface area contributed by atoms with Gasteiger partial charge in [0.05, 0.1) is 84.6 Å². The summed E-state index contributed by atoms with van der Waals surface area (Å²) in [6.07, 6.45) is 0.792. The fourth-order valence-electron chi connectivity index (χ4n) is 1.46. The van der Waals surface area contributed by atoms with Crippen LogP contribution in [0.1, 0.15) is 0 Å². The van der Waals surface area contributed by atoms with Crippen molar-refractivity contribution in [2.75, 3.05) is 105 Å². The Balaban J connectivity index is 0. The second-order valence-corrected chi connectivity index (χ2v) is 5.53. The molecular weight excluding hydrogens is 424 g/mol. The highest BCUT2D eigenvalue weighted by Gasteiger charge is 1.93. The van der Waals surface area contributed by atoms with Crippen LogP contribution in [-0.4, -0.2) is 111 Å². The van der Waals surface area contributed by atoms with E-state index in [9.17, 15) is 0 Å². The van der Waals surface area contributed by atoms with Crippen LogP contribution in [0.25, 0.3) is 0 Å². The van der Waals surface area contributed by atoms with Crippen molar-refractivity contribution in [3.63, 3.8) is 0 Å². The Morgan fingerprint density at radius 2 is 1.00 bits per heavy atom. The van der Waals surface area contributed by atoms with Crippen molar-refractivity contribution in [3.05, 3.63) is 0 Å². The van der Waals surface area contributed by atoms with Crippen molar-refractivity contribution >= 4 is 22.2 Å². The van der Waals surface area contributed by atoms with E-state index < -0.39 is 0 Å². The zero-order valence-electron chi connectivity index (χ0n) is 16.5. The zero-order chi connectivity index (χ0) is 20.3. The van der Waals surface area contributed by atoms with Gasteiger partial charge >= 0.3 is 0 Å². The molecule has 164 valence electrons. The van der Waals surface area contributed by atoms with E-state index in [0.717, 1.165) is 12.8 Å². The number of likely N-dealkylation sites (N-methyl/N-ethyl adjacent to an activating group) is 1. The number of alkyl halides is 1. The molecule has 0 saturated carbocycles. The SMILES string of the molecule is CNCCOCCOCCOCCOCCOCCOCCN.O=CCBr. The lowest BCUT2D eigenvalue weighted by Gasteiger charge is -2.08. The van der Waals surface area contributed by atoms with E-state index in [1.807, 2.05) is 7.05 Å². The van der Waals surface area contributed by atoms with Crippen molar-refractivity contribution in [3.8, 4) is 0 Å². The number of carbonyl (C=O) groups is 1. The van der Waals surface area contributed by atoms with Crippen LogP contribution >= 0.6 is 15.9 Å². The van der Waals surface area contributed by atoms with Gasteiger partial charge in [-0.15, -0.1) is 0 Å². The van der Waals surface area contributed by atoms with Crippen LogP contribution in [-0.2, 0) is 33.2 Å². The fraction of sp³-hybridized carbons (Fsp3) is 0.941. The summed E-state index contributed by atoms with van der Waals surface area (Å²) in [5.74, 6) is 0. The standard InChI is InChI=1S/C15H34N2O6.C2H3BrO/c1-17-3-5-19-7-9-21-11-13-23-15-14-22-12-10-20-8-6-18-4-2-16;3-1-2-4/h17H,2-16H2,1H3;2H,1H2.